The summed E-state index contributed by atoms with van der Waals surface area (Å²) in [5, 5.41) is 4.61. The lowest BCUT2D eigenvalue weighted by Crippen LogP contribution is -2.30. The molecular weight excluding hydrogens is 408 g/mol. The van der Waals surface area contributed by atoms with Gasteiger partial charge < -0.3 is 15.2 Å². The standard InChI is InChI=1S/C24H20N4O2S/c1-2-28-20-9-8-15(13-21(20)31-23-18(24(28)30)6-4-11-26-23)14-27-22(29)17-5-3-7-19-16(17)10-12-25-19/h3-13,25H,2,14H2,1H3,(H,27,29). The molecule has 2 N–H and O–H groups in total. The minimum absolute atomic E-state index is 0.0440. The van der Waals surface area contributed by atoms with Gasteiger partial charge in [0.15, 0.2) is 0 Å². The van der Waals surface area contributed by atoms with Gasteiger partial charge in [-0.1, -0.05) is 23.9 Å². The number of carbonyl (C=O) groups is 2. The zero-order chi connectivity index (χ0) is 21.4. The first-order valence-electron chi connectivity index (χ1n) is 10.1. The zero-order valence-electron chi connectivity index (χ0n) is 16.9. The molecule has 0 radical (unpaired) electrons. The van der Waals surface area contributed by atoms with Crippen LogP contribution in [-0.2, 0) is 6.54 Å². The lowest BCUT2D eigenvalue weighted by molar-refractivity contribution is 0.0951. The third-order valence-corrected chi connectivity index (χ3v) is 6.44. The van der Waals surface area contributed by atoms with Crippen LogP contribution in [0.4, 0.5) is 5.69 Å². The number of nitrogens with zero attached hydrogens (tertiary/aromatic N) is 2. The number of nitrogens with one attached hydrogen (secondary N) is 2. The van der Waals surface area contributed by atoms with E-state index in [-0.39, 0.29) is 11.8 Å². The largest absolute Gasteiger partial charge is 0.361 e. The summed E-state index contributed by atoms with van der Waals surface area (Å²) in [5.74, 6) is -0.164. The highest BCUT2D eigenvalue weighted by Gasteiger charge is 2.27. The second-order valence-electron chi connectivity index (χ2n) is 7.24. The van der Waals surface area contributed by atoms with Crippen molar-refractivity contribution in [3.63, 3.8) is 0 Å². The molecule has 5 rings (SSSR count). The van der Waals surface area contributed by atoms with Gasteiger partial charge in [0.05, 0.1) is 11.3 Å². The molecule has 0 aliphatic carbocycles. The number of carbonyl (C=O) groups excluding carboxylic acids is 2. The summed E-state index contributed by atoms with van der Waals surface area (Å²) in [6.07, 6.45) is 3.53. The molecule has 0 saturated carbocycles. The van der Waals surface area contributed by atoms with Crippen LogP contribution in [0.15, 0.2) is 76.9 Å². The third kappa shape index (κ3) is 3.47. The van der Waals surface area contributed by atoms with Crippen molar-refractivity contribution < 1.29 is 9.59 Å². The van der Waals surface area contributed by atoms with Crippen LogP contribution in [0, 0.1) is 0 Å². The van der Waals surface area contributed by atoms with E-state index in [4.69, 9.17) is 0 Å². The molecule has 31 heavy (non-hydrogen) atoms. The van der Waals surface area contributed by atoms with E-state index >= 15 is 0 Å². The van der Waals surface area contributed by atoms with Gasteiger partial charge in [0.2, 0.25) is 0 Å². The van der Waals surface area contributed by atoms with Crippen LogP contribution in [0.1, 0.15) is 33.2 Å². The van der Waals surface area contributed by atoms with Gasteiger partial charge in [0.25, 0.3) is 11.8 Å². The smallest absolute Gasteiger partial charge is 0.261 e. The van der Waals surface area contributed by atoms with E-state index in [0.717, 1.165) is 27.0 Å². The Balaban J connectivity index is 1.42. The minimum Gasteiger partial charge on any atom is -0.361 e. The predicted molar refractivity (Wildman–Crippen MR) is 122 cm³/mol. The monoisotopic (exact) mass is 428 g/mol. The average Bonchev–Trinajstić information content (AvgIpc) is 3.24. The molecule has 0 unspecified atom stereocenters. The molecule has 4 aromatic rings. The summed E-state index contributed by atoms with van der Waals surface area (Å²) in [5.41, 5.74) is 4.01. The van der Waals surface area contributed by atoms with Gasteiger partial charge in [-0.05, 0) is 55.0 Å². The van der Waals surface area contributed by atoms with E-state index in [1.54, 1.807) is 17.2 Å². The molecule has 6 nitrogen and oxygen atoms in total. The third-order valence-electron chi connectivity index (χ3n) is 5.38. The number of anilines is 1. The summed E-state index contributed by atoms with van der Waals surface area (Å²) in [6, 6.07) is 17.1. The van der Waals surface area contributed by atoms with E-state index in [2.05, 4.69) is 15.3 Å². The van der Waals surface area contributed by atoms with Gasteiger partial charge in [0.1, 0.15) is 5.03 Å². The fourth-order valence-corrected chi connectivity index (χ4v) is 4.92. The van der Waals surface area contributed by atoms with Crippen molar-refractivity contribution in [3.05, 3.63) is 83.7 Å². The molecule has 154 valence electrons. The first kappa shape index (κ1) is 19.4. The molecule has 0 spiro atoms. The number of pyridine rings is 1. The predicted octanol–water partition coefficient (Wildman–Crippen LogP) is 4.62. The zero-order valence-corrected chi connectivity index (χ0v) is 17.7. The molecule has 0 bridgehead atoms. The van der Waals surface area contributed by atoms with Crippen LogP contribution in [0.3, 0.4) is 0 Å². The van der Waals surface area contributed by atoms with E-state index < -0.39 is 0 Å². The lowest BCUT2D eigenvalue weighted by Gasteiger charge is -2.21. The highest BCUT2D eigenvalue weighted by Crippen LogP contribution is 2.40. The SMILES string of the molecule is CCN1C(=O)c2cccnc2Sc2cc(CNC(=O)c3cccc4[nH]ccc34)ccc21. The van der Waals surface area contributed by atoms with Gasteiger partial charge in [-0.2, -0.15) is 0 Å². The van der Waals surface area contributed by atoms with E-state index in [1.807, 2.05) is 61.7 Å². The minimum atomic E-state index is -0.120. The van der Waals surface area contributed by atoms with Crippen molar-refractivity contribution in [1.29, 1.82) is 0 Å². The Morgan fingerprint density at radius 2 is 2.06 bits per heavy atom. The first-order chi connectivity index (χ1) is 15.2. The van der Waals surface area contributed by atoms with Crippen LogP contribution in [0.2, 0.25) is 0 Å². The number of aromatic amines is 1. The molecule has 2 aromatic carbocycles. The lowest BCUT2D eigenvalue weighted by atomic mass is 10.1. The van der Waals surface area contributed by atoms with Crippen molar-refractivity contribution in [2.24, 2.45) is 0 Å². The van der Waals surface area contributed by atoms with Gasteiger partial charge in [0, 0.05) is 46.8 Å². The van der Waals surface area contributed by atoms with E-state index in [1.165, 1.54) is 11.8 Å². The molecule has 2 amide bonds. The molecule has 7 heteroatoms. The number of aromatic nitrogens is 2. The van der Waals surface area contributed by atoms with Gasteiger partial charge in [-0.15, -0.1) is 0 Å². The van der Waals surface area contributed by atoms with Gasteiger partial charge in [-0.3, -0.25) is 9.59 Å². The maximum atomic E-state index is 13.0. The number of H-pyrrole nitrogens is 1. The maximum absolute atomic E-state index is 13.0. The Morgan fingerprint density at radius 3 is 2.94 bits per heavy atom. The summed E-state index contributed by atoms with van der Waals surface area (Å²) < 4.78 is 0. The molecule has 2 aromatic heterocycles. The number of fused-ring (bicyclic) bond motifs is 3. The summed E-state index contributed by atoms with van der Waals surface area (Å²) in [6.45, 7) is 2.92. The molecule has 0 atom stereocenters. The number of hydrogen-bond donors (Lipinski definition) is 2. The highest BCUT2D eigenvalue weighted by molar-refractivity contribution is 7.99. The number of benzene rings is 2. The van der Waals surface area contributed by atoms with Crippen molar-refractivity contribution in [3.8, 4) is 0 Å². The highest BCUT2D eigenvalue weighted by atomic mass is 32.2. The second kappa shape index (κ2) is 7.92. The van der Waals surface area contributed by atoms with Crippen LogP contribution in [0.25, 0.3) is 10.9 Å². The van der Waals surface area contributed by atoms with Gasteiger partial charge >= 0.3 is 0 Å². The fraction of sp³-hybridized carbons (Fsp3) is 0.125. The van der Waals surface area contributed by atoms with Gasteiger partial charge in [-0.25, -0.2) is 4.98 Å². The number of amides is 2. The van der Waals surface area contributed by atoms with E-state index in [0.29, 0.717) is 29.2 Å². The Kier molecular flexibility index (Phi) is 4.95. The van der Waals surface area contributed by atoms with E-state index in [9.17, 15) is 9.59 Å². The average molecular weight is 429 g/mol. The quantitative estimate of drug-likeness (QED) is 0.497. The second-order valence-corrected chi connectivity index (χ2v) is 8.27. The summed E-state index contributed by atoms with van der Waals surface area (Å²) in [4.78, 5) is 36.0. The number of hydrogen-bond acceptors (Lipinski definition) is 4. The topological polar surface area (TPSA) is 78.1 Å². The van der Waals surface area contributed by atoms with Crippen molar-refractivity contribution in [2.75, 3.05) is 11.4 Å². The molecule has 1 aliphatic rings. The molecule has 0 fully saturated rings. The molecule has 0 saturated heterocycles. The number of rotatable bonds is 4. The Morgan fingerprint density at radius 1 is 1.16 bits per heavy atom. The van der Waals surface area contributed by atoms with Crippen LogP contribution < -0.4 is 10.2 Å². The van der Waals surface area contributed by atoms with Crippen LogP contribution in [-0.4, -0.2) is 28.3 Å². The van der Waals surface area contributed by atoms with Crippen LogP contribution in [0.5, 0.6) is 0 Å². The van der Waals surface area contributed by atoms with Crippen molar-refractivity contribution >= 4 is 40.2 Å². The normalized spacial score (nSPS) is 12.9. The Labute approximate surface area is 183 Å². The van der Waals surface area contributed by atoms with Crippen molar-refractivity contribution in [2.45, 2.75) is 23.4 Å². The van der Waals surface area contributed by atoms with Crippen LogP contribution >= 0.6 is 11.8 Å². The summed E-state index contributed by atoms with van der Waals surface area (Å²) in [7, 11) is 0. The summed E-state index contributed by atoms with van der Waals surface area (Å²) >= 11 is 1.48. The molecular formula is C24H20N4O2S. The van der Waals surface area contributed by atoms with Crippen molar-refractivity contribution in [1.82, 2.24) is 15.3 Å². The maximum Gasteiger partial charge on any atom is 0.261 e. The molecule has 1 aliphatic heterocycles. The Bertz CT molecular complexity index is 1310. The first-order valence-corrected chi connectivity index (χ1v) is 10.9. The Hall–Kier alpha value is -3.58. The fourth-order valence-electron chi connectivity index (χ4n) is 3.84. The molecule has 3 heterocycles.